The van der Waals surface area contributed by atoms with Crippen LogP contribution < -0.4 is 9.47 Å². The summed E-state index contributed by atoms with van der Waals surface area (Å²) >= 11 is 0. The van der Waals surface area contributed by atoms with Gasteiger partial charge in [-0.25, -0.2) is 9.97 Å². The van der Waals surface area contributed by atoms with E-state index in [4.69, 9.17) is 9.47 Å². The maximum atomic E-state index is 12.7. The number of ether oxygens (including phenoxy) is 2. The minimum Gasteiger partial charge on any atom is -0.497 e. The second-order valence-corrected chi connectivity index (χ2v) is 6.04. The van der Waals surface area contributed by atoms with Gasteiger partial charge in [0.25, 0.3) is 5.91 Å². The van der Waals surface area contributed by atoms with Crippen molar-refractivity contribution in [1.82, 2.24) is 14.9 Å². The van der Waals surface area contributed by atoms with Crippen molar-refractivity contribution < 1.29 is 14.3 Å². The molecule has 2 aromatic carbocycles. The first kappa shape index (κ1) is 18.4. The molecule has 0 N–H and O–H groups in total. The molecule has 0 bridgehead atoms. The fourth-order valence-electron chi connectivity index (χ4n) is 2.70. The number of hydrogen-bond acceptors (Lipinski definition) is 5. The van der Waals surface area contributed by atoms with Gasteiger partial charge in [-0.05, 0) is 17.7 Å². The SMILES string of the molecule is COc1cc(CN(C)C(=O)c2cnc(-c3ccccc3)nc2)cc(OC)c1. The molecule has 1 heterocycles. The molecule has 3 aromatic rings. The van der Waals surface area contributed by atoms with Gasteiger partial charge >= 0.3 is 0 Å². The standard InChI is InChI=1S/C21H21N3O3/c1-24(14-15-9-18(26-2)11-19(10-15)27-3)21(25)17-12-22-20(23-13-17)16-7-5-4-6-8-16/h4-13H,14H2,1-3H3. The highest BCUT2D eigenvalue weighted by molar-refractivity contribution is 5.93. The molecule has 138 valence electrons. The van der Waals surface area contributed by atoms with Crippen molar-refractivity contribution >= 4 is 5.91 Å². The van der Waals surface area contributed by atoms with Crippen LogP contribution in [0.2, 0.25) is 0 Å². The Morgan fingerprint density at radius 2 is 1.56 bits per heavy atom. The first-order chi connectivity index (χ1) is 13.1. The molecule has 0 spiro atoms. The van der Waals surface area contributed by atoms with Gasteiger partial charge in [-0.1, -0.05) is 30.3 Å². The van der Waals surface area contributed by atoms with Crippen LogP contribution in [0.3, 0.4) is 0 Å². The lowest BCUT2D eigenvalue weighted by Crippen LogP contribution is -2.26. The fourth-order valence-corrected chi connectivity index (χ4v) is 2.70. The molecule has 3 rings (SSSR count). The summed E-state index contributed by atoms with van der Waals surface area (Å²) in [4.78, 5) is 22.9. The van der Waals surface area contributed by atoms with E-state index in [2.05, 4.69) is 9.97 Å². The molecule has 27 heavy (non-hydrogen) atoms. The maximum absolute atomic E-state index is 12.7. The zero-order valence-corrected chi connectivity index (χ0v) is 15.5. The number of carbonyl (C=O) groups is 1. The lowest BCUT2D eigenvalue weighted by molar-refractivity contribution is 0.0784. The minimum atomic E-state index is -0.156. The van der Waals surface area contributed by atoms with Crippen molar-refractivity contribution in [3.63, 3.8) is 0 Å². The molecule has 0 aliphatic heterocycles. The van der Waals surface area contributed by atoms with Gasteiger partial charge in [0.1, 0.15) is 11.5 Å². The number of amides is 1. The van der Waals surface area contributed by atoms with E-state index >= 15 is 0 Å². The average molecular weight is 363 g/mol. The molecule has 1 aromatic heterocycles. The largest absolute Gasteiger partial charge is 0.497 e. The van der Waals surface area contributed by atoms with Gasteiger partial charge in [-0.2, -0.15) is 0 Å². The highest BCUT2D eigenvalue weighted by Gasteiger charge is 2.14. The predicted molar refractivity (Wildman–Crippen MR) is 103 cm³/mol. The Morgan fingerprint density at radius 1 is 0.963 bits per heavy atom. The predicted octanol–water partition coefficient (Wildman–Crippen LogP) is 3.43. The summed E-state index contributed by atoms with van der Waals surface area (Å²) in [6.45, 7) is 0.410. The van der Waals surface area contributed by atoms with Gasteiger partial charge in [0, 0.05) is 37.6 Å². The van der Waals surface area contributed by atoms with Gasteiger partial charge in [-0.15, -0.1) is 0 Å². The van der Waals surface area contributed by atoms with Crippen LogP contribution in [-0.2, 0) is 6.54 Å². The molecule has 0 fully saturated rings. The van der Waals surface area contributed by atoms with Crippen LogP contribution in [0.5, 0.6) is 11.5 Å². The third-order valence-corrected chi connectivity index (χ3v) is 4.11. The minimum absolute atomic E-state index is 0.156. The van der Waals surface area contributed by atoms with E-state index in [9.17, 15) is 4.79 Å². The van der Waals surface area contributed by atoms with Crippen LogP contribution in [0.1, 0.15) is 15.9 Å². The lowest BCUT2D eigenvalue weighted by Gasteiger charge is -2.18. The van der Waals surface area contributed by atoms with E-state index in [1.165, 1.54) is 0 Å². The summed E-state index contributed by atoms with van der Waals surface area (Å²) in [6.07, 6.45) is 3.11. The third kappa shape index (κ3) is 4.41. The normalized spacial score (nSPS) is 10.3. The molecular formula is C21H21N3O3. The monoisotopic (exact) mass is 363 g/mol. The van der Waals surface area contributed by atoms with E-state index in [-0.39, 0.29) is 5.91 Å². The van der Waals surface area contributed by atoms with E-state index in [1.807, 2.05) is 42.5 Å². The Hall–Kier alpha value is -3.41. The van der Waals surface area contributed by atoms with Crippen LogP contribution in [0.4, 0.5) is 0 Å². The van der Waals surface area contributed by atoms with Crippen molar-refractivity contribution in [3.8, 4) is 22.9 Å². The molecule has 0 aliphatic carbocycles. The van der Waals surface area contributed by atoms with Gasteiger partial charge in [0.2, 0.25) is 0 Å². The van der Waals surface area contributed by atoms with E-state index in [0.29, 0.717) is 29.4 Å². The summed E-state index contributed by atoms with van der Waals surface area (Å²) in [6, 6.07) is 15.2. The van der Waals surface area contributed by atoms with Crippen LogP contribution in [-0.4, -0.2) is 42.0 Å². The first-order valence-corrected chi connectivity index (χ1v) is 8.45. The molecule has 0 saturated carbocycles. The molecule has 0 unspecified atom stereocenters. The topological polar surface area (TPSA) is 64.5 Å². The number of hydrogen-bond donors (Lipinski definition) is 0. The molecule has 0 radical (unpaired) electrons. The Morgan fingerprint density at radius 3 is 2.11 bits per heavy atom. The molecule has 1 amide bonds. The highest BCUT2D eigenvalue weighted by Crippen LogP contribution is 2.23. The van der Waals surface area contributed by atoms with Crippen molar-refractivity contribution in [3.05, 3.63) is 72.1 Å². The van der Waals surface area contributed by atoms with E-state index in [0.717, 1.165) is 11.1 Å². The average Bonchev–Trinajstić information content (AvgIpc) is 2.73. The first-order valence-electron chi connectivity index (χ1n) is 8.45. The van der Waals surface area contributed by atoms with Crippen molar-refractivity contribution in [2.45, 2.75) is 6.54 Å². The van der Waals surface area contributed by atoms with Gasteiger partial charge < -0.3 is 14.4 Å². The number of benzene rings is 2. The van der Waals surface area contributed by atoms with E-state index < -0.39 is 0 Å². The molecule has 0 atom stereocenters. The van der Waals surface area contributed by atoms with Crippen molar-refractivity contribution in [2.75, 3.05) is 21.3 Å². The second kappa shape index (κ2) is 8.31. The Balaban J connectivity index is 1.74. The fraction of sp³-hybridized carbons (Fsp3) is 0.190. The Labute approximate surface area is 158 Å². The summed E-state index contributed by atoms with van der Waals surface area (Å²) in [5.41, 5.74) is 2.25. The zero-order valence-electron chi connectivity index (χ0n) is 15.5. The summed E-state index contributed by atoms with van der Waals surface area (Å²) < 4.78 is 10.6. The zero-order chi connectivity index (χ0) is 19.2. The molecular weight excluding hydrogens is 342 g/mol. The number of nitrogens with zero attached hydrogens (tertiary/aromatic N) is 3. The van der Waals surface area contributed by atoms with Crippen molar-refractivity contribution in [2.24, 2.45) is 0 Å². The number of aromatic nitrogens is 2. The lowest BCUT2D eigenvalue weighted by atomic mass is 10.1. The number of methoxy groups -OCH3 is 2. The molecule has 6 nitrogen and oxygen atoms in total. The van der Waals surface area contributed by atoms with E-state index in [1.54, 1.807) is 44.6 Å². The van der Waals surface area contributed by atoms with Gasteiger partial charge in [0.05, 0.1) is 19.8 Å². The second-order valence-electron chi connectivity index (χ2n) is 6.04. The molecule has 0 aliphatic rings. The van der Waals surface area contributed by atoms with Crippen LogP contribution in [0.25, 0.3) is 11.4 Å². The summed E-state index contributed by atoms with van der Waals surface area (Å²) in [5.74, 6) is 1.80. The number of carbonyl (C=O) groups excluding carboxylic acids is 1. The Bertz CT molecular complexity index is 889. The van der Waals surface area contributed by atoms with Crippen LogP contribution in [0, 0.1) is 0 Å². The third-order valence-electron chi connectivity index (χ3n) is 4.11. The summed E-state index contributed by atoms with van der Waals surface area (Å²) in [5, 5.41) is 0. The Kier molecular flexibility index (Phi) is 5.66. The van der Waals surface area contributed by atoms with Crippen LogP contribution in [0.15, 0.2) is 60.9 Å². The maximum Gasteiger partial charge on any atom is 0.257 e. The molecule has 6 heteroatoms. The highest BCUT2D eigenvalue weighted by atomic mass is 16.5. The van der Waals surface area contributed by atoms with Gasteiger partial charge in [-0.3, -0.25) is 4.79 Å². The smallest absolute Gasteiger partial charge is 0.257 e. The quantitative estimate of drug-likeness (QED) is 0.671. The summed E-state index contributed by atoms with van der Waals surface area (Å²) in [7, 11) is 4.93. The number of rotatable bonds is 6. The van der Waals surface area contributed by atoms with Crippen molar-refractivity contribution in [1.29, 1.82) is 0 Å². The molecule has 0 saturated heterocycles. The van der Waals surface area contributed by atoms with Crippen LogP contribution >= 0.6 is 0 Å². The van der Waals surface area contributed by atoms with Gasteiger partial charge in [0.15, 0.2) is 5.82 Å².